The van der Waals surface area contributed by atoms with Crippen LogP contribution in [-0.4, -0.2) is 13.2 Å². The van der Waals surface area contributed by atoms with Crippen molar-refractivity contribution in [3.05, 3.63) is 35.6 Å². The molecule has 1 fully saturated rings. The normalized spacial score (nSPS) is 19.9. The van der Waals surface area contributed by atoms with E-state index < -0.39 is 5.79 Å². The van der Waals surface area contributed by atoms with Crippen LogP contribution in [0.25, 0.3) is 0 Å². The van der Waals surface area contributed by atoms with Crippen molar-refractivity contribution in [1.82, 2.24) is 0 Å². The Bertz CT molecular complexity index is 302. The van der Waals surface area contributed by atoms with Crippen molar-refractivity contribution in [3.63, 3.8) is 0 Å². The molecule has 0 aliphatic carbocycles. The summed E-state index contributed by atoms with van der Waals surface area (Å²) in [5.74, 6) is -0.883. The maximum absolute atomic E-state index is 12.7. The Hall–Kier alpha value is -0.930. The van der Waals surface area contributed by atoms with Crippen molar-refractivity contribution >= 4 is 0 Å². The largest absolute Gasteiger partial charge is 0.343 e. The van der Waals surface area contributed by atoms with E-state index in [0.717, 1.165) is 12.0 Å². The molecule has 1 aliphatic rings. The zero-order chi connectivity index (χ0) is 10.0. The smallest absolute Gasteiger partial charge is 0.194 e. The van der Waals surface area contributed by atoms with Crippen LogP contribution in [0.1, 0.15) is 18.9 Å². The van der Waals surface area contributed by atoms with Gasteiger partial charge in [0.05, 0.1) is 13.2 Å². The summed E-state index contributed by atoms with van der Waals surface area (Å²) in [5.41, 5.74) is 0.888. The summed E-state index contributed by atoms with van der Waals surface area (Å²) < 4.78 is 23.9. The summed E-state index contributed by atoms with van der Waals surface area (Å²) in [4.78, 5) is 0. The maximum Gasteiger partial charge on any atom is 0.194 e. The molecule has 0 atom stereocenters. The van der Waals surface area contributed by atoms with Crippen molar-refractivity contribution < 1.29 is 13.9 Å². The Morgan fingerprint density at radius 1 is 1.21 bits per heavy atom. The summed E-state index contributed by atoms with van der Waals surface area (Å²) in [5, 5.41) is 0. The van der Waals surface area contributed by atoms with E-state index in [0.29, 0.717) is 13.2 Å². The summed E-state index contributed by atoms with van der Waals surface area (Å²) in [6, 6.07) is 6.28. The first-order valence-corrected chi connectivity index (χ1v) is 4.81. The Kier molecular flexibility index (Phi) is 2.52. The van der Waals surface area contributed by atoms with Crippen LogP contribution < -0.4 is 0 Å². The lowest BCUT2D eigenvalue weighted by atomic mass is 10.0. The van der Waals surface area contributed by atoms with E-state index in [-0.39, 0.29) is 5.82 Å². The molecule has 1 saturated heterocycles. The van der Waals surface area contributed by atoms with Gasteiger partial charge in [-0.3, -0.25) is 0 Å². The standard InChI is InChI=1S/C11H13FO2/c1-2-11(13-7-8-14-11)9-3-5-10(12)6-4-9/h3-6H,2,7-8H2,1H3. The highest BCUT2D eigenvalue weighted by molar-refractivity contribution is 5.21. The minimum absolute atomic E-state index is 0.238. The summed E-state index contributed by atoms with van der Waals surface area (Å²) in [6.45, 7) is 3.20. The van der Waals surface area contributed by atoms with Gasteiger partial charge in [-0.1, -0.05) is 19.1 Å². The van der Waals surface area contributed by atoms with Gasteiger partial charge in [0.25, 0.3) is 0 Å². The molecule has 0 aromatic heterocycles. The highest BCUT2D eigenvalue weighted by atomic mass is 19.1. The predicted octanol–water partition coefficient (Wildman–Crippen LogP) is 2.44. The minimum atomic E-state index is -0.645. The fraction of sp³-hybridized carbons (Fsp3) is 0.455. The number of hydrogen-bond donors (Lipinski definition) is 0. The van der Waals surface area contributed by atoms with E-state index in [2.05, 4.69) is 0 Å². The van der Waals surface area contributed by atoms with Gasteiger partial charge in [-0.05, 0) is 12.1 Å². The zero-order valence-electron chi connectivity index (χ0n) is 8.13. The average molecular weight is 196 g/mol. The lowest BCUT2D eigenvalue weighted by molar-refractivity contribution is -0.167. The molecule has 1 aliphatic heterocycles. The summed E-state index contributed by atoms with van der Waals surface area (Å²) in [6.07, 6.45) is 0.735. The van der Waals surface area contributed by atoms with Gasteiger partial charge in [0.15, 0.2) is 5.79 Å². The van der Waals surface area contributed by atoms with E-state index in [4.69, 9.17) is 9.47 Å². The molecule has 1 aromatic rings. The van der Waals surface area contributed by atoms with Crippen LogP contribution in [0.4, 0.5) is 4.39 Å². The third-order valence-electron chi connectivity index (χ3n) is 2.50. The number of benzene rings is 1. The molecular weight excluding hydrogens is 183 g/mol. The van der Waals surface area contributed by atoms with Crippen LogP contribution in [0.5, 0.6) is 0 Å². The first-order chi connectivity index (χ1) is 6.77. The molecule has 0 N–H and O–H groups in total. The molecule has 2 rings (SSSR count). The van der Waals surface area contributed by atoms with Gasteiger partial charge < -0.3 is 9.47 Å². The van der Waals surface area contributed by atoms with Crippen molar-refractivity contribution in [2.24, 2.45) is 0 Å². The number of halogens is 1. The molecule has 1 aromatic carbocycles. The van der Waals surface area contributed by atoms with Crippen LogP contribution in [0.3, 0.4) is 0 Å². The third kappa shape index (κ3) is 1.53. The third-order valence-corrected chi connectivity index (χ3v) is 2.50. The van der Waals surface area contributed by atoms with Gasteiger partial charge in [0.1, 0.15) is 5.82 Å². The van der Waals surface area contributed by atoms with E-state index in [9.17, 15) is 4.39 Å². The van der Waals surface area contributed by atoms with Crippen molar-refractivity contribution in [3.8, 4) is 0 Å². The molecule has 1 heterocycles. The molecular formula is C11H13FO2. The van der Waals surface area contributed by atoms with Gasteiger partial charge in [0.2, 0.25) is 0 Å². The Labute approximate surface area is 82.6 Å². The molecule has 2 nitrogen and oxygen atoms in total. The van der Waals surface area contributed by atoms with Crippen molar-refractivity contribution in [2.75, 3.05) is 13.2 Å². The fourth-order valence-electron chi connectivity index (χ4n) is 1.73. The van der Waals surface area contributed by atoms with Crippen LogP contribution >= 0.6 is 0 Å². The van der Waals surface area contributed by atoms with Crippen molar-refractivity contribution in [2.45, 2.75) is 19.1 Å². The molecule has 0 bridgehead atoms. The maximum atomic E-state index is 12.7. The first kappa shape index (κ1) is 9.62. The van der Waals surface area contributed by atoms with Gasteiger partial charge >= 0.3 is 0 Å². The van der Waals surface area contributed by atoms with Crippen LogP contribution in [-0.2, 0) is 15.3 Å². The van der Waals surface area contributed by atoms with E-state index >= 15 is 0 Å². The highest BCUT2D eigenvalue weighted by Crippen LogP contribution is 2.34. The second-order valence-electron chi connectivity index (χ2n) is 3.31. The van der Waals surface area contributed by atoms with E-state index in [1.54, 1.807) is 12.1 Å². The molecule has 0 saturated carbocycles. The second-order valence-corrected chi connectivity index (χ2v) is 3.31. The van der Waals surface area contributed by atoms with E-state index in [1.807, 2.05) is 6.92 Å². The Morgan fingerprint density at radius 3 is 2.29 bits per heavy atom. The summed E-state index contributed by atoms with van der Waals surface area (Å²) in [7, 11) is 0. The summed E-state index contributed by atoms with van der Waals surface area (Å²) >= 11 is 0. The highest BCUT2D eigenvalue weighted by Gasteiger charge is 2.36. The van der Waals surface area contributed by atoms with E-state index in [1.165, 1.54) is 12.1 Å². The number of hydrogen-bond acceptors (Lipinski definition) is 2. The molecule has 14 heavy (non-hydrogen) atoms. The Morgan fingerprint density at radius 2 is 1.79 bits per heavy atom. The van der Waals surface area contributed by atoms with Gasteiger partial charge in [-0.25, -0.2) is 4.39 Å². The monoisotopic (exact) mass is 196 g/mol. The lowest BCUT2D eigenvalue weighted by Gasteiger charge is -2.26. The molecule has 0 unspecified atom stereocenters. The number of ether oxygens (including phenoxy) is 2. The minimum Gasteiger partial charge on any atom is -0.343 e. The topological polar surface area (TPSA) is 18.5 Å². The van der Waals surface area contributed by atoms with Crippen LogP contribution in [0.2, 0.25) is 0 Å². The SMILES string of the molecule is CCC1(c2ccc(F)cc2)OCCO1. The van der Waals surface area contributed by atoms with Gasteiger partial charge in [-0.2, -0.15) is 0 Å². The lowest BCUT2D eigenvalue weighted by Crippen LogP contribution is -2.25. The molecule has 0 amide bonds. The molecule has 3 heteroatoms. The van der Waals surface area contributed by atoms with Crippen molar-refractivity contribution in [1.29, 1.82) is 0 Å². The predicted molar refractivity (Wildman–Crippen MR) is 50.3 cm³/mol. The second kappa shape index (κ2) is 3.67. The van der Waals surface area contributed by atoms with Crippen LogP contribution in [0.15, 0.2) is 24.3 Å². The molecule has 0 radical (unpaired) electrons. The average Bonchev–Trinajstić information content (AvgIpc) is 2.68. The zero-order valence-corrected chi connectivity index (χ0v) is 8.13. The van der Waals surface area contributed by atoms with Crippen LogP contribution in [0, 0.1) is 5.82 Å². The van der Waals surface area contributed by atoms with Gasteiger partial charge in [0, 0.05) is 12.0 Å². The molecule has 0 spiro atoms. The fourth-order valence-corrected chi connectivity index (χ4v) is 1.73. The first-order valence-electron chi connectivity index (χ1n) is 4.81. The van der Waals surface area contributed by atoms with Gasteiger partial charge in [-0.15, -0.1) is 0 Å². The molecule has 76 valence electrons. The quantitative estimate of drug-likeness (QED) is 0.723. The Balaban J connectivity index is 2.31. The number of rotatable bonds is 2.